The number of anilines is 2. The minimum absolute atomic E-state index is 0.138. The molecule has 5 nitrogen and oxygen atoms in total. The van der Waals surface area contributed by atoms with Crippen LogP contribution in [0.1, 0.15) is 16.8 Å². The maximum absolute atomic E-state index is 12.8. The van der Waals surface area contributed by atoms with E-state index in [1.807, 2.05) is 13.0 Å². The number of hydrogen-bond donors (Lipinski definition) is 2. The quantitative estimate of drug-likeness (QED) is 0.860. The number of rotatable bonds is 3. The largest absolute Gasteiger partial charge is 0.433 e. The van der Waals surface area contributed by atoms with Crippen LogP contribution in [0.25, 0.3) is 4.91 Å². The van der Waals surface area contributed by atoms with Crippen molar-refractivity contribution in [2.45, 2.75) is 13.1 Å². The van der Waals surface area contributed by atoms with Crippen molar-refractivity contribution in [2.24, 2.45) is 0 Å². The number of halogens is 3. The molecule has 9 heteroatoms. The van der Waals surface area contributed by atoms with Gasteiger partial charge in [-0.3, -0.25) is 10.3 Å². The van der Waals surface area contributed by atoms with E-state index >= 15 is 0 Å². The standard InChI is InChI=1S/C15H13F3N4OS/c1-9-3-2-4-10(13(9)11-7-22(23)8-24-11)20-14-19-6-5-12(21-14)15(16,17)18/h2-7,23H,8H2,1H3,(H,19,20,21). The molecule has 0 saturated carbocycles. The molecular formula is C15H13F3N4OS. The number of nitrogens with one attached hydrogen (secondary N) is 1. The molecule has 24 heavy (non-hydrogen) atoms. The van der Waals surface area contributed by atoms with Gasteiger partial charge in [0.2, 0.25) is 5.95 Å². The molecule has 1 aliphatic heterocycles. The summed E-state index contributed by atoms with van der Waals surface area (Å²) in [5.74, 6) is 0.254. The maximum Gasteiger partial charge on any atom is 0.433 e. The van der Waals surface area contributed by atoms with Gasteiger partial charge in [0.25, 0.3) is 0 Å². The summed E-state index contributed by atoms with van der Waals surface area (Å²) in [6, 6.07) is 6.22. The van der Waals surface area contributed by atoms with E-state index < -0.39 is 11.9 Å². The van der Waals surface area contributed by atoms with E-state index in [1.54, 1.807) is 18.3 Å². The highest BCUT2D eigenvalue weighted by atomic mass is 32.2. The average Bonchev–Trinajstić information content (AvgIpc) is 2.93. The molecule has 3 rings (SSSR count). The van der Waals surface area contributed by atoms with Gasteiger partial charge in [0.1, 0.15) is 5.69 Å². The third-order valence-electron chi connectivity index (χ3n) is 3.33. The number of aryl methyl sites for hydroxylation is 1. The van der Waals surface area contributed by atoms with E-state index in [0.717, 1.165) is 33.4 Å². The Morgan fingerprint density at radius 3 is 2.75 bits per heavy atom. The summed E-state index contributed by atoms with van der Waals surface area (Å²) >= 11 is 1.43. The number of thioether (sulfide) groups is 1. The van der Waals surface area contributed by atoms with Crippen LogP contribution < -0.4 is 5.32 Å². The average molecular weight is 354 g/mol. The second-order valence-corrected chi connectivity index (χ2v) is 6.08. The molecule has 0 spiro atoms. The van der Waals surface area contributed by atoms with Gasteiger partial charge in [0.05, 0.1) is 5.88 Å². The van der Waals surface area contributed by atoms with Crippen LogP contribution in [-0.2, 0) is 6.18 Å². The second kappa shape index (κ2) is 6.33. The van der Waals surface area contributed by atoms with Crippen LogP contribution in [0.15, 0.2) is 36.7 Å². The van der Waals surface area contributed by atoms with Gasteiger partial charge >= 0.3 is 6.18 Å². The van der Waals surface area contributed by atoms with Crippen LogP contribution in [0.2, 0.25) is 0 Å². The summed E-state index contributed by atoms with van der Waals surface area (Å²) in [6.07, 6.45) is -1.89. The van der Waals surface area contributed by atoms with Gasteiger partial charge in [0, 0.05) is 28.6 Å². The summed E-state index contributed by atoms with van der Waals surface area (Å²) in [5.41, 5.74) is 1.27. The summed E-state index contributed by atoms with van der Waals surface area (Å²) in [6.45, 7) is 1.88. The highest BCUT2D eigenvalue weighted by Crippen LogP contribution is 2.39. The van der Waals surface area contributed by atoms with Crippen molar-refractivity contribution in [3.63, 3.8) is 0 Å². The molecule has 0 aliphatic carbocycles. The van der Waals surface area contributed by atoms with Crippen molar-refractivity contribution in [1.82, 2.24) is 15.0 Å². The van der Waals surface area contributed by atoms with E-state index in [1.165, 1.54) is 11.8 Å². The van der Waals surface area contributed by atoms with Crippen LogP contribution in [0.4, 0.5) is 24.8 Å². The number of alkyl halides is 3. The molecular weight excluding hydrogens is 341 g/mol. The zero-order chi connectivity index (χ0) is 17.3. The maximum atomic E-state index is 12.8. The third kappa shape index (κ3) is 3.46. The molecule has 0 radical (unpaired) electrons. The monoisotopic (exact) mass is 354 g/mol. The fourth-order valence-electron chi connectivity index (χ4n) is 2.28. The lowest BCUT2D eigenvalue weighted by molar-refractivity contribution is -0.141. The lowest BCUT2D eigenvalue weighted by atomic mass is 10.1. The smallest absolute Gasteiger partial charge is 0.324 e. The number of hydrogen-bond acceptors (Lipinski definition) is 6. The molecule has 0 amide bonds. The number of benzene rings is 1. The van der Waals surface area contributed by atoms with E-state index in [9.17, 15) is 18.4 Å². The molecule has 2 N–H and O–H groups in total. The van der Waals surface area contributed by atoms with Crippen LogP contribution in [-0.4, -0.2) is 26.1 Å². The van der Waals surface area contributed by atoms with E-state index in [2.05, 4.69) is 15.3 Å². The van der Waals surface area contributed by atoms with Gasteiger partial charge < -0.3 is 5.32 Å². The van der Waals surface area contributed by atoms with Gasteiger partial charge in [0.15, 0.2) is 0 Å². The third-order valence-corrected chi connectivity index (χ3v) is 4.34. The molecule has 0 unspecified atom stereocenters. The molecule has 0 atom stereocenters. The fraction of sp³-hybridized carbons (Fsp3) is 0.200. The van der Waals surface area contributed by atoms with Crippen molar-refractivity contribution < 1.29 is 18.4 Å². The molecule has 126 valence electrons. The molecule has 2 aromatic rings. The van der Waals surface area contributed by atoms with Gasteiger partial charge in [-0.25, -0.2) is 9.97 Å². The molecule has 1 aliphatic rings. The first-order valence-corrected chi connectivity index (χ1v) is 7.90. The molecule has 0 fully saturated rings. The van der Waals surface area contributed by atoms with Gasteiger partial charge in [-0.15, -0.1) is 0 Å². The second-order valence-electron chi connectivity index (χ2n) is 5.09. The lowest BCUT2D eigenvalue weighted by Crippen LogP contribution is -2.10. The molecule has 0 saturated heterocycles. The SMILES string of the molecule is Cc1cccc(Nc2nccc(C(F)(F)F)n2)c1C1=CN(O)CS1. The van der Waals surface area contributed by atoms with Gasteiger partial charge in [-0.2, -0.15) is 13.2 Å². The Kier molecular flexibility index (Phi) is 4.37. The Morgan fingerprint density at radius 1 is 1.29 bits per heavy atom. The molecule has 1 aromatic heterocycles. The number of nitrogens with zero attached hydrogens (tertiary/aromatic N) is 3. The predicted octanol–water partition coefficient (Wildman–Crippen LogP) is 4.24. The Bertz CT molecular complexity index is 795. The van der Waals surface area contributed by atoms with E-state index in [4.69, 9.17) is 0 Å². The number of hydroxylamine groups is 2. The summed E-state index contributed by atoms with van der Waals surface area (Å²) in [7, 11) is 0. The normalized spacial score (nSPS) is 14.7. The number of aromatic nitrogens is 2. The van der Waals surface area contributed by atoms with Crippen LogP contribution in [0.5, 0.6) is 0 Å². The van der Waals surface area contributed by atoms with Gasteiger partial charge in [-0.1, -0.05) is 23.9 Å². The molecule has 2 heterocycles. The van der Waals surface area contributed by atoms with Crippen molar-refractivity contribution in [1.29, 1.82) is 0 Å². The van der Waals surface area contributed by atoms with Crippen LogP contribution >= 0.6 is 11.8 Å². The highest BCUT2D eigenvalue weighted by molar-refractivity contribution is 8.08. The minimum Gasteiger partial charge on any atom is -0.324 e. The summed E-state index contributed by atoms with van der Waals surface area (Å²) in [5, 5.41) is 13.4. The Morgan fingerprint density at radius 2 is 2.08 bits per heavy atom. The van der Waals surface area contributed by atoms with E-state index in [0.29, 0.717) is 11.6 Å². The van der Waals surface area contributed by atoms with E-state index in [-0.39, 0.29) is 5.95 Å². The lowest BCUT2D eigenvalue weighted by Gasteiger charge is -2.14. The molecule has 1 aromatic carbocycles. The fourth-order valence-corrected chi connectivity index (χ4v) is 3.24. The summed E-state index contributed by atoms with van der Waals surface area (Å²) < 4.78 is 38.3. The Labute approximate surface area is 140 Å². The zero-order valence-electron chi connectivity index (χ0n) is 12.5. The first-order valence-electron chi connectivity index (χ1n) is 6.92. The Balaban J connectivity index is 1.97. The molecule has 0 bridgehead atoms. The van der Waals surface area contributed by atoms with Crippen molar-refractivity contribution in [2.75, 3.05) is 11.2 Å². The van der Waals surface area contributed by atoms with Gasteiger partial charge in [-0.05, 0) is 24.6 Å². The zero-order valence-corrected chi connectivity index (χ0v) is 13.3. The summed E-state index contributed by atoms with van der Waals surface area (Å²) in [4.78, 5) is 8.18. The first-order chi connectivity index (χ1) is 11.3. The van der Waals surface area contributed by atoms with Crippen LogP contribution in [0, 0.1) is 6.92 Å². The predicted molar refractivity (Wildman–Crippen MR) is 85.6 cm³/mol. The van der Waals surface area contributed by atoms with Crippen molar-refractivity contribution in [3.8, 4) is 0 Å². The highest BCUT2D eigenvalue weighted by Gasteiger charge is 2.32. The van der Waals surface area contributed by atoms with Crippen molar-refractivity contribution in [3.05, 3.63) is 53.5 Å². The topological polar surface area (TPSA) is 61.3 Å². The van der Waals surface area contributed by atoms with Crippen molar-refractivity contribution >= 4 is 28.3 Å². The van der Waals surface area contributed by atoms with Crippen LogP contribution in [0.3, 0.4) is 0 Å². The minimum atomic E-state index is -4.53. The Hall–Kier alpha value is -2.26. The first kappa shape index (κ1) is 16.6.